The van der Waals surface area contributed by atoms with E-state index in [2.05, 4.69) is 155 Å². The smallest absolute Gasteiger partial charge is 0.508 e. The molecule has 0 amide bonds. The maximum atomic E-state index is 12.4. The summed E-state index contributed by atoms with van der Waals surface area (Å²) in [6.07, 6.45) is 0. The molecule has 12 rings (SSSR count). The van der Waals surface area contributed by atoms with Gasteiger partial charge in [-0.05, 0) is 155 Å². The Morgan fingerprint density at radius 2 is 0.713 bits per heavy atom. The predicted octanol–water partition coefficient (Wildman–Crippen LogP) is 19.5. The first-order valence-electron chi connectivity index (χ1n) is 28.2. The Bertz CT molecular complexity index is 4490. The zero-order valence-electron chi connectivity index (χ0n) is 50.7. The highest BCUT2D eigenvalue weighted by molar-refractivity contribution is 9.69. The summed E-state index contributed by atoms with van der Waals surface area (Å²) in [7, 11) is -0.805. The molecule has 12 aromatic carbocycles. The van der Waals surface area contributed by atoms with Gasteiger partial charge in [-0.25, -0.2) is 0 Å². The molecule has 0 aliphatic carbocycles. The molecule has 0 fully saturated rings. The summed E-state index contributed by atoms with van der Waals surface area (Å²) in [4.78, 5) is 0. The zero-order chi connectivity index (χ0) is 68.0. The fraction of sp³-hybridized carbons (Fsp3) is 0.0833. The molecule has 12 aromatic rings. The van der Waals surface area contributed by atoms with E-state index in [0.29, 0.717) is 10.8 Å². The summed E-state index contributed by atoms with van der Waals surface area (Å²) in [6.45, 7) is 0. The van der Waals surface area contributed by atoms with Gasteiger partial charge in [0.15, 0.2) is 5.75 Å². The number of phenolic OH excluding ortho intramolecular Hbond substituents is 2. The molecule has 0 aliphatic rings. The van der Waals surface area contributed by atoms with Crippen molar-refractivity contribution in [3.63, 3.8) is 0 Å². The van der Waals surface area contributed by atoms with E-state index in [1.54, 1.807) is 82.0 Å². The van der Waals surface area contributed by atoms with Crippen molar-refractivity contribution in [1.82, 2.24) is 0 Å². The average Bonchev–Trinajstić information content (AvgIpc) is 0.811. The van der Waals surface area contributed by atoms with Gasteiger partial charge in [0, 0.05) is 11.5 Å². The largest absolute Gasteiger partial charge is 0.534 e. The van der Waals surface area contributed by atoms with Crippen molar-refractivity contribution in [3.8, 4) is 95.9 Å². The summed E-state index contributed by atoms with van der Waals surface area (Å²) >= 11 is 18.8. The van der Waals surface area contributed by atoms with Crippen LogP contribution in [0.5, 0.6) is 40.2 Å². The van der Waals surface area contributed by atoms with E-state index in [1.807, 2.05) is 78.9 Å². The first-order chi connectivity index (χ1) is 45.1. The number of hydrogen-bond acceptors (Lipinski definition) is 11. The van der Waals surface area contributed by atoms with E-state index in [0.717, 1.165) is 67.5 Å². The maximum Gasteiger partial charge on any atom is 0.534 e. The quantitative estimate of drug-likeness (QED) is 0.0399. The van der Waals surface area contributed by atoms with Gasteiger partial charge in [0.05, 0.1) is 33.8 Å². The van der Waals surface area contributed by atoms with Crippen LogP contribution in [-0.2, 0) is 10.1 Å². The molecule has 0 aliphatic heterocycles. The van der Waals surface area contributed by atoms with Crippen LogP contribution in [0.3, 0.4) is 0 Å². The number of alkyl halides is 5. The van der Waals surface area contributed by atoms with E-state index < -0.39 is 28.5 Å². The van der Waals surface area contributed by atoms with Crippen LogP contribution in [0.15, 0.2) is 255 Å². The highest BCUT2D eigenvalue weighted by Gasteiger charge is 2.48. The Morgan fingerprint density at radius 3 is 1.10 bits per heavy atom. The number of aromatic hydroxyl groups is 2. The van der Waals surface area contributed by atoms with Crippen molar-refractivity contribution in [2.45, 2.75) is 5.51 Å². The Morgan fingerprint density at radius 1 is 0.404 bits per heavy atom. The fourth-order valence-corrected chi connectivity index (χ4v) is 10.00. The van der Waals surface area contributed by atoms with Crippen molar-refractivity contribution in [1.29, 1.82) is 0 Å². The van der Waals surface area contributed by atoms with Crippen LogP contribution in [0.4, 0.5) is 13.2 Å². The second-order valence-corrected chi connectivity index (χ2v) is 28.7. The van der Waals surface area contributed by atoms with Gasteiger partial charge in [0.1, 0.15) is 34.5 Å². The molecule has 0 unspecified atom stereocenters. The van der Waals surface area contributed by atoms with Gasteiger partial charge in [-0.3, -0.25) is 0 Å². The number of benzene rings is 12. The summed E-state index contributed by atoms with van der Waals surface area (Å²) in [5.41, 5.74) is 6.02. The lowest BCUT2D eigenvalue weighted by Crippen LogP contribution is -2.29. The molecule has 22 heteroatoms. The second-order valence-electron chi connectivity index (χ2n) is 19.9. The Kier molecular flexibility index (Phi) is 27.6. The molecule has 482 valence electrons. The monoisotopic (exact) mass is 1520 g/mol. The summed E-state index contributed by atoms with van der Waals surface area (Å²) < 4.78 is 84.4. The maximum absolute atomic E-state index is 12.4. The number of rotatable bonds is 12. The minimum Gasteiger partial charge on any atom is -0.508 e. The Balaban J connectivity index is 0.000000173. The molecule has 0 saturated heterocycles. The summed E-state index contributed by atoms with van der Waals surface area (Å²) in [5.74, 6) is 2.85. The molecule has 0 saturated carbocycles. The molecule has 0 aromatic heterocycles. The van der Waals surface area contributed by atoms with E-state index in [9.17, 15) is 31.8 Å². The summed E-state index contributed by atoms with van der Waals surface area (Å²) in [6, 6.07) is 80.1. The van der Waals surface area contributed by atoms with E-state index in [-0.39, 0.29) is 31.2 Å². The summed E-state index contributed by atoms with van der Waals surface area (Å²) in [5, 5.41) is 42.9. The van der Waals surface area contributed by atoms with Crippen LogP contribution >= 0.6 is 70.5 Å². The molecule has 0 atom stereocenters. The number of halogens is 8. The molecule has 0 radical (unpaired) electrons. The third-order valence-corrected chi connectivity index (χ3v) is 15.0. The third kappa shape index (κ3) is 20.7. The van der Waals surface area contributed by atoms with Crippen molar-refractivity contribution in [2.24, 2.45) is 0 Å². The average molecular weight is 1520 g/mol. The van der Waals surface area contributed by atoms with Crippen LogP contribution < -0.4 is 28.6 Å². The minimum atomic E-state index is -5.72. The SMILES string of the molecule is BrB(Br)Br.COc1cc(OS(=O)(=O)C(F)(F)F)c2ccccc2c1.COc1ccc(-c2ccc(-c3cc(OC)cc4ccccc34)cc2)cc1.COc1ccc(-c2ccc(B(O)O)cc2)cc1.ClCCl.Oc1ccc(-c2ccc(-c3cc(O)cc4ccccc34)cc2)cc1. The fourth-order valence-electron chi connectivity index (χ4n) is 9.53. The lowest BCUT2D eigenvalue weighted by atomic mass is 9.80. The topological polar surface area (TPSA) is 161 Å². The lowest BCUT2D eigenvalue weighted by molar-refractivity contribution is -0.0499. The number of hydrogen-bond donors (Lipinski definition) is 4. The Hall–Kier alpha value is -8.17. The Labute approximate surface area is 579 Å². The van der Waals surface area contributed by atoms with Crippen LogP contribution in [0.25, 0.3) is 88.0 Å². The van der Waals surface area contributed by atoms with E-state index in [4.69, 9.17) is 52.2 Å². The van der Waals surface area contributed by atoms with Gasteiger partial charge in [-0.2, -0.15) is 21.6 Å². The number of ether oxygens (including phenoxy) is 4. The van der Waals surface area contributed by atoms with Gasteiger partial charge in [-0.1, -0.05) is 182 Å². The molecule has 94 heavy (non-hydrogen) atoms. The highest BCUT2D eigenvalue weighted by Crippen LogP contribution is 2.38. The van der Waals surface area contributed by atoms with Gasteiger partial charge in [0.2, 0.25) is 0 Å². The minimum absolute atomic E-state index is 0.191. The molecule has 4 N–H and O–H groups in total. The van der Waals surface area contributed by atoms with E-state index in [1.165, 1.54) is 46.2 Å². The number of fused-ring (bicyclic) bond motifs is 3. The van der Waals surface area contributed by atoms with Crippen LogP contribution in [0, 0.1) is 0 Å². The molecule has 0 bridgehead atoms. The van der Waals surface area contributed by atoms with Crippen LogP contribution in [-0.4, -0.2) is 78.3 Å². The van der Waals surface area contributed by atoms with Crippen LogP contribution in [0.1, 0.15) is 0 Å². The van der Waals surface area contributed by atoms with E-state index >= 15 is 0 Å². The number of methoxy groups -OCH3 is 4. The third-order valence-electron chi connectivity index (χ3n) is 14.1. The first kappa shape index (κ1) is 73.2. The second kappa shape index (κ2) is 35.4. The standard InChI is InChI=1S/C24H20O2.C22H16O2.C13H13BO3.C12H9F3O4S.CH2Cl2.BBr3/c1-25-21-13-11-18(12-14-21)17-7-9-19(10-8-17)24-16-22(26-2)15-20-5-3-4-6-23(20)24;23-19-11-9-16(10-12-19)15-5-7-17(8-6-15)22-14-20(24)13-18-3-1-2-4-21(18)22;1-17-13-8-4-11(5-9-13)10-2-6-12(7-3-10)14(15)16;1-18-9-6-8-4-2-3-5-10(8)11(7-9)19-20(16,17)12(13,14)15;2-1-3;2-1(3)4/h3-16H,1-2H3;1-14,23-24H;2-9,15-16H,1H3;2-7H,1H3;1H2;. The van der Waals surface area contributed by atoms with Crippen molar-refractivity contribution in [2.75, 3.05) is 33.8 Å². The van der Waals surface area contributed by atoms with Crippen molar-refractivity contribution in [3.05, 3.63) is 255 Å². The van der Waals surface area contributed by atoms with Crippen molar-refractivity contribution >= 4 is 129 Å². The highest BCUT2D eigenvalue weighted by atomic mass is 79.9. The molecule has 0 heterocycles. The predicted molar refractivity (Wildman–Crippen MR) is 390 cm³/mol. The van der Waals surface area contributed by atoms with Gasteiger partial charge < -0.3 is 43.4 Å². The molecule has 0 spiro atoms. The first-order valence-corrected chi connectivity index (χ1v) is 33.5. The van der Waals surface area contributed by atoms with Gasteiger partial charge in [-0.15, -0.1) is 70.5 Å². The number of phenols is 2. The lowest BCUT2D eigenvalue weighted by Gasteiger charge is -2.12. The zero-order valence-corrected chi connectivity index (χ0v) is 57.8. The van der Waals surface area contributed by atoms with Gasteiger partial charge >= 0.3 is 25.9 Å². The normalized spacial score (nSPS) is 10.7. The molecular weight excluding hydrogens is 1460 g/mol. The van der Waals surface area contributed by atoms with Gasteiger partial charge in [0.25, 0.3) is 0 Å². The van der Waals surface area contributed by atoms with Crippen molar-refractivity contribution < 1.29 is 65.0 Å². The molecular formula is C72H60B2Br3Cl2F3O11S. The molecule has 11 nitrogen and oxygen atoms in total. The van der Waals surface area contributed by atoms with Crippen LogP contribution in [0.2, 0.25) is 0 Å².